The molecule has 1 N–H and O–H groups in total. The zero-order chi connectivity index (χ0) is 19.7. The number of hydrogen-bond acceptors (Lipinski definition) is 6. The number of amides is 1. The van der Waals surface area contributed by atoms with Gasteiger partial charge >= 0.3 is 6.09 Å². The summed E-state index contributed by atoms with van der Waals surface area (Å²) in [6, 6.07) is 3.78. The minimum Gasteiger partial charge on any atom is -0.465 e. The van der Waals surface area contributed by atoms with Crippen molar-refractivity contribution in [3.8, 4) is 11.4 Å². The summed E-state index contributed by atoms with van der Waals surface area (Å²) in [5.74, 6) is 1.37. The lowest BCUT2D eigenvalue weighted by molar-refractivity contribution is 0.142. The quantitative estimate of drug-likeness (QED) is 0.751. The summed E-state index contributed by atoms with van der Waals surface area (Å²) in [7, 11) is 0. The molecular weight excluding hydrogens is 356 g/mol. The van der Waals surface area contributed by atoms with Crippen LogP contribution in [-0.2, 0) is 0 Å². The Morgan fingerprint density at radius 3 is 2.50 bits per heavy atom. The van der Waals surface area contributed by atoms with E-state index in [2.05, 4.69) is 21.4 Å². The topological polar surface area (TPSA) is 95.3 Å². The standard InChI is InChI=1S/C20H20N6O2/c1-13(2)16-11-21-5-3-14(16)18-23-17-12-22-6-4-15(17)19(24-18)25-7-9-26(10-8-25)20(27)28/h3-6,11-12H,1,7-10H2,2H3,(H,27,28). The minimum absolute atomic E-state index is 0.438. The third-order valence-corrected chi connectivity index (χ3v) is 4.85. The second-order valence-corrected chi connectivity index (χ2v) is 6.72. The molecule has 0 atom stereocenters. The van der Waals surface area contributed by atoms with Crippen molar-refractivity contribution >= 4 is 28.4 Å². The summed E-state index contributed by atoms with van der Waals surface area (Å²) in [4.78, 5) is 32.7. The Balaban J connectivity index is 1.81. The monoisotopic (exact) mass is 376 g/mol. The van der Waals surface area contributed by atoms with Gasteiger partial charge in [0.1, 0.15) is 5.82 Å². The van der Waals surface area contributed by atoms with Gasteiger partial charge in [-0.1, -0.05) is 6.58 Å². The lowest BCUT2D eigenvalue weighted by Gasteiger charge is -2.34. The van der Waals surface area contributed by atoms with Crippen LogP contribution in [0.1, 0.15) is 12.5 Å². The molecule has 0 unspecified atom stereocenters. The maximum atomic E-state index is 11.2. The molecule has 1 fully saturated rings. The number of fused-ring (bicyclic) bond motifs is 1. The molecule has 0 radical (unpaired) electrons. The van der Waals surface area contributed by atoms with E-state index in [0.29, 0.717) is 32.0 Å². The molecule has 8 heteroatoms. The van der Waals surface area contributed by atoms with E-state index in [-0.39, 0.29) is 0 Å². The first kappa shape index (κ1) is 17.8. The lowest BCUT2D eigenvalue weighted by Crippen LogP contribution is -2.48. The van der Waals surface area contributed by atoms with Crippen molar-refractivity contribution < 1.29 is 9.90 Å². The van der Waals surface area contributed by atoms with E-state index in [1.165, 1.54) is 4.90 Å². The average molecular weight is 376 g/mol. The van der Waals surface area contributed by atoms with Crippen LogP contribution in [0.3, 0.4) is 0 Å². The second-order valence-electron chi connectivity index (χ2n) is 6.72. The first-order chi connectivity index (χ1) is 13.5. The van der Waals surface area contributed by atoms with Gasteiger partial charge in [0.25, 0.3) is 0 Å². The average Bonchev–Trinajstić information content (AvgIpc) is 2.73. The number of pyridine rings is 2. The van der Waals surface area contributed by atoms with E-state index in [9.17, 15) is 9.90 Å². The van der Waals surface area contributed by atoms with Gasteiger partial charge in [-0.25, -0.2) is 14.8 Å². The summed E-state index contributed by atoms with van der Waals surface area (Å²) in [6.07, 6.45) is 6.02. The summed E-state index contributed by atoms with van der Waals surface area (Å²) in [5.41, 5.74) is 3.38. The SMILES string of the molecule is C=C(C)c1cnccc1-c1nc(N2CCN(C(=O)O)CC2)c2ccncc2n1. The van der Waals surface area contributed by atoms with Crippen LogP contribution in [0.25, 0.3) is 27.9 Å². The normalized spacial score (nSPS) is 14.3. The van der Waals surface area contributed by atoms with Crippen LogP contribution >= 0.6 is 0 Å². The van der Waals surface area contributed by atoms with E-state index in [4.69, 9.17) is 9.97 Å². The fourth-order valence-electron chi connectivity index (χ4n) is 3.36. The molecule has 28 heavy (non-hydrogen) atoms. The molecule has 4 heterocycles. The highest BCUT2D eigenvalue weighted by Crippen LogP contribution is 2.30. The lowest BCUT2D eigenvalue weighted by atomic mass is 10.0. The maximum absolute atomic E-state index is 11.2. The van der Waals surface area contributed by atoms with Crippen molar-refractivity contribution in [2.24, 2.45) is 0 Å². The zero-order valence-electron chi connectivity index (χ0n) is 15.5. The van der Waals surface area contributed by atoms with Crippen molar-refractivity contribution in [1.29, 1.82) is 0 Å². The number of piperazine rings is 1. The van der Waals surface area contributed by atoms with Crippen LogP contribution < -0.4 is 4.90 Å². The summed E-state index contributed by atoms with van der Waals surface area (Å²) < 4.78 is 0. The summed E-state index contributed by atoms with van der Waals surface area (Å²) >= 11 is 0. The van der Waals surface area contributed by atoms with E-state index < -0.39 is 6.09 Å². The van der Waals surface area contributed by atoms with E-state index in [1.807, 2.05) is 19.1 Å². The summed E-state index contributed by atoms with van der Waals surface area (Å²) in [6.45, 7) is 7.98. The second kappa shape index (κ2) is 7.22. The van der Waals surface area contributed by atoms with Gasteiger partial charge in [0, 0.05) is 61.3 Å². The van der Waals surface area contributed by atoms with E-state index >= 15 is 0 Å². The Hall–Kier alpha value is -3.55. The molecule has 0 aliphatic carbocycles. The number of aromatic nitrogens is 4. The van der Waals surface area contributed by atoms with Crippen LogP contribution in [-0.4, -0.2) is 62.2 Å². The number of nitrogens with zero attached hydrogens (tertiary/aromatic N) is 6. The Morgan fingerprint density at radius 2 is 1.79 bits per heavy atom. The molecule has 142 valence electrons. The van der Waals surface area contributed by atoms with Gasteiger partial charge in [-0.15, -0.1) is 0 Å². The zero-order valence-corrected chi connectivity index (χ0v) is 15.5. The van der Waals surface area contributed by atoms with Gasteiger partial charge in [-0.2, -0.15) is 0 Å². The number of carboxylic acid groups (broad SMARTS) is 1. The number of rotatable bonds is 3. The highest BCUT2D eigenvalue weighted by atomic mass is 16.4. The Morgan fingerprint density at radius 1 is 1.07 bits per heavy atom. The third-order valence-electron chi connectivity index (χ3n) is 4.85. The van der Waals surface area contributed by atoms with Gasteiger partial charge in [0.2, 0.25) is 0 Å². The van der Waals surface area contributed by atoms with E-state index in [0.717, 1.165) is 33.4 Å². The predicted molar refractivity (Wildman–Crippen MR) is 107 cm³/mol. The maximum Gasteiger partial charge on any atom is 0.407 e. The molecular formula is C20H20N6O2. The number of allylic oxidation sites excluding steroid dienone is 1. The molecule has 0 saturated carbocycles. The van der Waals surface area contributed by atoms with Crippen LogP contribution in [0.15, 0.2) is 43.5 Å². The molecule has 0 spiro atoms. The van der Waals surface area contributed by atoms with Gasteiger partial charge in [-0.05, 0) is 24.6 Å². The fraction of sp³-hybridized carbons (Fsp3) is 0.250. The van der Waals surface area contributed by atoms with Crippen LogP contribution in [0.4, 0.5) is 10.6 Å². The molecule has 4 rings (SSSR count). The molecule has 1 aliphatic rings. The molecule has 1 saturated heterocycles. The largest absolute Gasteiger partial charge is 0.465 e. The molecule has 0 aromatic carbocycles. The van der Waals surface area contributed by atoms with Crippen molar-refractivity contribution in [3.63, 3.8) is 0 Å². The smallest absolute Gasteiger partial charge is 0.407 e. The number of anilines is 1. The number of carbonyl (C=O) groups is 1. The van der Waals surface area contributed by atoms with Crippen molar-refractivity contribution in [1.82, 2.24) is 24.8 Å². The Bertz CT molecular complexity index is 1060. The molecule has 3 aromatic rings. The molecule has 0 bridgehead atoms. The third kappa shape index (κ3) is 3.24. The minimum atomic E-state index is -0.889. The van der Waals surface area contributed by atoms with E-state index in [1.54, 1.807) is 24.8 Å². The van der Waals surface area contributed by atoms with Crippen LogP contribution in [0.5, 0.6) is 0 Å². The molecule has 8 nitrogen and oxygen atoms in total. The predicted octanol–water partition coefficient (Wildman–Crippen LogP) is 2.92. The van der Waals surface area contributed by atoms with Crippen molar-refractivity contribution in [3.05, 3.63) is 49.1 Å². The Kier molecular flexibility index (Phi) is 4.60. The van der Waals surface area contributed by atoms with Gasteiger partial charge in [0.15, 0.2) is 5.82 Å². The Labute approximate surface area is 162 Å². The van der Waals surface area contributed by atoms with Crippen molar-refractivity contribution in [2.75, 3.05) is 31.1 Å². The van der Waals surface area contributed by atoms with Crippen LogP contribution in [0, 0.1) is 0 Å². The van der Waals surface area contributed by atoms with Crippen molar-refractivity contribution in [2.45, 2.75) is 6.92 Å². The molecule has 1 aliphatic heterocycles. The van der Waals surface area contributed by atoms with Gasteiger partial charge in [-0.3, -0.25) is 9.97 Å². The highest BCUT2D eigenvalue weighted by molar-refractivity contribution is 5.91. The molecule has 3 aromatic heterocycles. The first-order valence-electron chi connectivity index (χ1n) is 8.99. The van der Waals surface area contributed by atoms with Gasteiger partial charge < -0.3 is 14.9 Å². The fourth-order valence-corrected chi connectivity index (χ4v) is 3.36. The first-order valence-corrected chi connectivity index (χ1v) is 8.99. The molecule has 1 amide bonds. The van der Waals surface area contributed by atoms with Crippen LogP contribution in [0.2, 0.25) is 0 Å². The number of hydrogen-bond donors (Lipinski definition) is 1. The summed E-state index contributed by atoms with van der Waals surface area (Å²) in [5, 5.41) is 10.1. The highest BCUT2D eigenvalue weighted by Gasteiger charge is 2.24. The van der Waals surface area contributed by atoms with Gasteiger partial charge in [0.05, 0.1) is 11.7 Å².